The molecule has 2 atom stereocenters. The van der Waals surface area contributed by atoms with E-state index in [4.69, 9.17) is 0 Å². The molecule has 0 aromatic rings. The van der Waals surface area contributed by atoms with Crippen LogP contribution in [0.5, 0.6) is 0 Å². The van der Waals surface area contributed by atoms with Crippen LogP contribution in [0.1, 0.15) is 19.3 Å². The number of hydrogen-bond acceptors (Lipinski definition) is 3. The van der Waals surface area contributed by atoms with Crippen LogP contribution in [0.4, 0.5) is 0 Å². The van der Waals surface area contributed by atoms with Gasteiger partial charge in [0.2, 0.25) is 5.91 Å². The second-order valence-electron chi connectivity index (χ2n) is 5.07. The molecule has 2 rings (SSSR count). The molecule has 1 heterocycles. The largest absolute Gasteiger partial charge is 0.391 e. The van der Waals surface area contributed by atoms with E-state index in [-0.39, 0.29) is 24.0 Å². The van der Waals surface area contributed by atoms with E-state index in [1.165, 1.54) is 0 Å². The summed E-state index contributed by atoms with van der Waals surface area (Å²) in [5.74, 6) is 0.526. The second-order valence-corrected chi connectivity index (χ2v) is 5.07. The van der Waals surface area contributed by atoms with Crippen LogP contribution in [0.3, 0.4) is 0 Å². The molecule has 0 bridgehead atoms. The Morgan fingerprint density at radius 3 is 2.67 bits per heavy atom. The summed E-state index contributed by atoms with van der Waals surface area (Å²) in [5, 5.41) is 9.62. The van der Waals surface area contributed by atoms with Crippen molar-refractivity contribution >= 4 is 5.91 Å². The Kier molecular flexibility index (Phi) is 2.98. The first-order valence-electron chi connectivity index (χ1n) is 5.71. The average Bonchev–Trinajstić information content (AvgIpc) is 2.90. The first-order chi connectivity index (χ1) is 7.08. The lowest BCUT2D eigenvalue weighted by atomic mass is 10.2. The van der Waals surface area contributed by atoms with Crippen LogP contribution in [0, 0.1) is 5.92 Å². The number of nitrogens with zero attached hydrogens (tertiary/aromatic N) is 2. The average molecular weight is 212 g/mol. The molecule has 15 heavy (non-hydrogen) atoms. The molecule has 1 amide bonds. The zero-order valence-corrected chi connectivity index (χ0v) is 9.52. The predicted octanol–water partition coefficient (Wildman–Crippen LogP) is -0.0802. The maximum atomic E-state index is 11.9. The summed E-state index contributed by atoms with van der Waals surface area (Å²) >= 11 is 0. The standard InChI is InChI=1S/C11H20N2O2/c1-12(2)6-9-5-10(14)7-13(9)11(15)8-3-4-8/h8-10,14H,3-7H2,1-2H3. The summed E-state index contributed by atoms with van der Waals surface area (Å²) in [6, 6.07) is 0.211. The van der Waals surface area contributed by atoms with Gasteiger partial charge in [-0.25, -0.2) is 0 Å². The van der Waals surface area contributed by atoms with Gasteiger partial charge in [-0.2, -0.15) is 0 Å². The molecule has 4 heteroatoms. The number of aliphatic hydroxyl groups is 1. The number of carbonyl (C=O) groups is 1. The van der Waals surface area contributed by atoms with Gasteiger partial charge in [-0.1, -0.05) is 0 Å². The number of likely N-dealkylation sites (tertiary alicyclic amines) is 1. The first-order valence-corrected chi connectivity index (χ1v) is 5.71. The van der Waals surface area contributed by atoms with Crippen LogP contribution in [0.25, 0.3) is 0 Å². The molecule has 86 valence electrons. The summed E-state index contributed by atoms with van der Waals surface area (Å²) in [5.41, 5.74) is 0. The fourth-order valence-corrected chi connectivity index (χ4v) is 2.32. The first kappa shape index (κ1) is 10.9. The molecule has 0 radical (unpaired) electrons. The van der Waals surface area contributed by atoms with Crippen molar-refractivity contribution in [1.82, 2.24) is 9.80 Å². The van der Waals surface area contributed by atoms with Crippen molar-refractivity contribution in [1.29, 1.82) is 0 Å². The maximum absolute atomic E-state index is 11.9. The Labute approximate surface area is 90.9 Å². The summed E-state index contributed by atoms with van der Waals surface area (Å²) in [7, 11) is 4.01. The topological polar surface area (TPSA) is 43.8 Å². The summed E-state index contributed by atoms with van der Waals surface area (Å²) < 4.78 is 0. The Bertz CT molecular complexity index is 251. The smallest absolute Gasteiger partial charge is 0.226 e. The number of aliphatic hydroxyl groups excluding tert-OH is 1. The van der Waals surface area contributed by atoms with Crippen molar-refractivity contribution in [2.24, 2.45) is 5.92 Å². The third kappa shape index (κ3) is 2.49. The van der Waals surface area contributed by atoms with Gasteiger partial charge in [0.15, 0.2) is 0 Å². The summed E-state index contributed by atoms with van der Waals surface area (Å²) in [6.45, 7) is 1.39. The molecule has 2 fully saturated rings. The summed E-state index contributed by atoms with van der Waals surface area (Å²) in [4.78, 5) is 15.9. The maximum Gasteiger partial charge on any atom is 0.226 e. The van der Waals surface area contributed by atoms with Crippen LogP contribution in [0.15, 0.2) is 0 Å². The van der Waals surface area contributed by atoms with E-state index < -0.39 is 0 Å². The minimum Gasteiger partial charge on any atom is -0.391 e. The molecule has 4 nitrogen and oxygen atoms in total. The monoisotopic (exact) mass is 212 g/mol. The van der Waals surface area contributed by atoms with Gasteiger partial charge in [0, 0.05) is 25.0 Å². The number of β-amino-alcohol motifs (C(OH)–C–C–N with tert-alkyl or cyclic N) is 1. The van der Waals surface area contributed by atoms with Gasteiger partial charge in [-0.3, -0.25) is 4.79 Å². The summed E-state index contributed by atoms with van der Waals surface area (Å²) in [6.07, 6.45) is 2.49. The van der Waals surface area contributed by atoms with Gasteiger partial charge >= 0.3 is 0 Å². The number of rotatable bonds is 3. The van der Waals surface area contributed by atoms with E-state index in [0.717, 1.165) is 25.8 Å². The lowest BCUT2D eigenvalue weighted by Gasteiger charge is -2.26. The van der Waals surface area contributed by atoms with Crippen molar-refractivity contribution in [2.45, 2.75) is 31.4 Å². The van der Waals surface area contributed by atoms with Crippen molar-refractivity contribution < 1.29 is 9.90 Å². The molecule has 1 aliphatic heterocycles. The molecule has 1 aliphatic carbocycles. The quantitative estimate of drug-likeness (QED) is 0.711. The van der Waals surface area contributed by atoms with Crippen LogP contribution >= 0.6 is 0 Å². The minimum absolute atomic E-state index is 0.211. The van der Waals surface area contributed by atoms with E-state index in [9.17, 15) is 9.90 Å². The van der Waals surface area contributed by atoms with Gasteiger partial charge in [0.25, 0.3) is 0 Å². The molecule has 1 saturated heterocycles. The molecule has 2 aliphatic rings. The molecular weight excluding hydrogens is 192 g/mol. The normalized spacial score (nSPS) is 31.3. The van der Waals surface area contributed by atoms with Crippen LogP contribution in [0.2, 0.25) is 0 Å². The Hall–Kier alpha value is -0.610. The fraction of sp³-hybridized carbons (Fsp3) is 0.909. The Morgan fingerprint density at radius 2 is 2.13 bits per heavy atom. The van der Waals surface area contributed by atoms with Crippen LogP contribution < -0.4 is 0 Å². The minimum atomic E-state index is -0.322. The molecule has 0 spiro atoms. The predicted molar refractivity (Wildman–Crippen MR) is 57.4 cm³/mol. The number of carbonyl (C=O) groups excluding carboxylic acids is 1. The number of amides is 1. The zero-order chi connectivity index (χ0) is 11.0. The van der Waals surface area contributed by atoms with E-state index >= 15 is 0 Å². The van der Waals surface area contributed by atoms with Gasteiger partial charge in [0.1, 0.15) is 0 Å². The molecule has 2 unspecified atom stereocenters. The Morgan fingerprint density at radius 1 is 1.47 bits per heavy atom. The van der Waals surface area contributed by atoms with E-state index in [1.54, 1.807) is 0 Å². The zero-order valence-electron chi connectivity index (χ0n) is 9.52. The van der Waals surface area contributed by atoms with E-state index in [0.29, 0.717) is 6.54 Å². The van der Waals surface area contributed by atoms with E-state index in [2.05, 4.69) is 4.90 Å². The molecular formula is C11H20N2O2. The molecule has 1 N–H and O–H groups in total. The fourth-order valence-electron chi connectivity index (χ4n) is 2.32. The number of likely N-dealkylation sites (N-methyl/N-ethyl adjacent to an activating group) is 1. The van der Waals surface area contributed by atoms with Crippen molar-refractivity contribution in [2.75, 3.05) is 27.2 Å². The highest BCUT2D eigenvalue weighted by Gasteiger charge is 2.40. The highest BCUT2D eigenvalue weighted by molar-refractivity contribution is 5.81. The molecule has 1 saturated carbocycles. The highest BCUT2D eigenvalue weighted by Crippen LogP contribution is 2.33. The van der Waals surface area contributed by atoms with Crippen molar-refractivity contribution in [3.8, 4) is 0 Å². The van der Waals surface area contributed by atoms with Gasteiger partial charge < -0.3 is 14.9 Å². The van der Waals surface area contributed by atoms with Gasteiger partial charge in [-0.05, 0) is 33.4 Å². The van der Waals surface area contributed by atoms with Crippen LogP contribution in [-0.4, -0.2) is 60.1 Å². The van der Waals surface area contributed by atoms with Crippen LogP contribution in [-0.2, 0) is 4.79 Å². The third-order valence-corrected chi connectivity index (χ3v) is 3.18. The lowest BCUT2D eigenvalue weighted by molar-refractivity contribution is -0.133. The molecule has 0 aromatic heterocycles. The van der Waals surface area contributed by atoms with Crippen molar-refractivity contribution in [3.63, 3.8) is 0 Å². The van der Waals surface area contributed by atoms with E-state index in [1.807, 2.05) is 19.0 Å². The van der Waals surface area contributed by atoms with Gasteiger partial charge in [0.05, 0.1) is 6.10 Å². The third-order valence-electron chi connectivity index (χ3n) is 3.18. The lowest BCUT2D eigenvalue weighted by Crippen LogP contribution is -2.42. The highest BCUT2D eigenvalue weighted by atomic mass is 16.3. The number of hydrogen-bond donors (Lipinski definition) is 1. The van der Waals surface area contributed by atoms with Gasteiger partial charge in [-0.15, -0.1) is 0 Å². The second kappa shape index (κ2) is 4.10. The Balaban J connectivity index is 1.97. The molecule has 0 aromatic carbocycles. The van der Waals surface area contributed by atoms with Crippen molar-refractivity contribution in [3.05, 3.63) is 0 Å². The SMILES string of the molecule is CN(C)CC1CC(O)CN1C(=O)C1CC1.